The summed E-state index contributed by atoms with van der Waals surface area (Å²) < 4.78 is 2.71. The molecule has 3 rings (SSSR count). The Bertz CT molecular complexity index is 764. The van der Waals surface area contributed by atoms with Crippen LogP contribution in [-0.2, 0) is 6.42 Å². The van der Waals surface area contributed by atoms with E-state index in [0.717, 1.165) is 27.9 Å². The monoisotopic (exact) mass is 364 g/mol. The van der Waals surface area contributed by atoms with Gasteiger partial charge in [0.25, 0.3) is 0 Å². The van der Waals surface area contributed by atoms with Crippen molar-refractivity contribution in [2.24, 2.45) is 5.92 Å². The van der Waals surface area contributed by atoms with Crippen LogP contribution in [0.4, 0.5) is 0 Å². The molecule has 0 N–H and O–H groups in total. The molecular formula is C15H14BrClN4. The van der Waals surface area contributed by atoms with Gasteiger partial charge in [0.1, 0.15) is 16.5 Å². The molecule has 108 valence electrons. The van der Waals surface area contributed by atoms with Crippen molar-refractivity contribution in [3.8, 4) is 11.5 Å². The number of aromatic nitrogens is 4. The standard InChI is InChI=1S/C15H14BrClN4/c1-9(2)7-10-13(16)14(17)20-15(19-10)11-8-21-6-4-3-5-12(21)18-11/h3-6,8-9H,7H2,1-2H3. The number of fused-ring (bicyclic) bond motifs is 1. The predicted octanol–water partition coefficient (Wildman–Crippen LogP) is 4.41. The van der Waals surface area contributed by atoms with Crippen LogP contribution in [0.5, 0.6) is 0 Å². The third-order valence-electron chi connectivity index (χ3n) is 3.07. The Kier molecular flexibility index (Phi) is 3.95. The first-order valence-electron chi connectivity index (χ1n) is 6.70. The molecule has 0 spiro atoms. The first-order chi connectivity index (χ1) is 10.0. The molecule has 0 amide bonds. The van der Waals surface area contributed by atoms with Crippen LogP contribution in [0.1, 0.15) is 19.5 Å². The van der Waals surface area contributed by atoms with Crippen LogP contribution in [-0.4, -0.2) is 19.4 Å². The van der Waals surface area contributed by atoms with Crippen LogP contribution in [0.15, 0.2) is 35.1 Å². The Balaban J connectivity index is 2.11. The number of pyridine rings is 1. The Morgan fingerprint density at radius 2 is 2.05 bits per heavy atom. The Labute approximate surface area is 136 Å². The van der Waals surface area contributed by atoms with E-state index in [1.165, 1.54) is 0 Å². The second kappa shape index (κ2) is 5.73. The summed E-state index contributed by atoms with van der Waals surface area (Å²) in [6, 6.07) is 5.85. The van der Waals surface area contributed by atoms with Crippen LogP contribution in [0, 0.1) is 5.92 Å². The summed E-state index contributed by atoms with van der Waals surface area (Å²) >= 11 is 9.69. The van der Waals surface area contributed by atoms with Gasteiger partial charge in [0, 0.05) is 12.4 Å². The number of rotatable bonds is 3. The molecule has 21 heavy (non-hydrogen) atoms. The second-order valence-electron chi connectivity index (χ2n) is 5.29. The lowest BCUT2D eigenvalue weighted by atomic mass is 10.1. The maximum atomic E-state index is 6.22. The third kappa shape index (κ3) is 2.94. The van der Waals surface area contributed by atoms with Crippen LogP contribution in [0.2, 0.25) is 5.15 Å². The van der Waals surface area contributed by atoms with Gasteiger partial charge in [-0.1, -0.05) is 31.5 Å². The summed E-state index contributed by atoms with van der Waals surface area (Å²) in [5.74, 6) is 1.05. The molecule has 0 saturated carbocycles. The summed E-state index contributed by atoms with van der Waals surface area (Å²) in [5.41, 5.74) is 2.50. The van der Waals surface area contributed by atoms with E-state index in [9.17, 15) is 0 Å². The quantitative estimate of drug-likeness (QED) is 0.646. The van der Waals surface area contributed by atoms with Crippen molar-refractivity contribution in [2.75, 3.05) is 0 Å². The molecule has 0 bridgehead atoms. The molecule has 0 radical (unpaired) electrons. The topological polar surface area (TPSA) is 43.1 Å². The minimum Gasteiger partial charge on any atom is -0.306 e. The minimum absolute atomic E-state index is 0.424. The molecule has 4 nitrogen and oxygen atoms in total. The molecule has 0 unspecified atom stereocenters. The van der Waals surface area contributed by atoms with Crippen molar-refractivity contribution >= 4 is 33.2 Å². The summed E-state index contributed by atoms with van der Waals surface area (Å²) in [7, 11) is 0. The molecule has 6 heteroatoms. The van der Waals surface area contributed by atoms with Crippen molar-refractivity contribution in [3.05, 3.63) is 45.9 Å². The lowest BCUT2D eigenvalue weighted by Crippen LogP contribution is -2.02. The van der Waals surface area contributed by atoms with Gasteiger partial charge in [-0.3, -0.25) is 0 Å². The largest absolute Gasteiger partial charge is 0.306 e. The molecule has 0 fully saturated rings. The highest BCUT2D eigenvalue weighted by atomic mass is 79.9. The van der Waals surface area contributed by atoms with E-state index < -0.39 is 0 Å². The molecule has 3 aromatic heterocycles. The van der Waals surface area contributed by atoms with Gasteiger partial charge in [-0.2, -0.15) is 0 Å². The van der Waals surface area contributed by atoms with Gasteiger partial charge in [0.15, 0.2) is 5.82 Å². The normalized spacial score (nSPS) is 11.5. The third-order valence-corrected chi connectivity index (χ3v) is 4.41. The average molecular weight is 366 g/mol. The number of nitrogens with zero attached hydrogens (tertiary/aromatic N) is 4. The number of halogens is 2. The van der Waals surface area contributed by atoms with Crippen LogP contribution in [0.25, 0.3) is 17.2 Å². The van der Waals surface area contributed by atoms with Crippen molar-refractivity contribution in [3.63, 3.8) is 0 Å². The molecule has 3 aromatic rings. The SMILES string of the molecule is CC(C)Cc1nc(-c2cn3ccccc3n2)nc(Cl)c1Br. The number of hydrogen-bond donors (Lipinski definition) is 0. The van der Waals surface area contributed by atoms with Crippen molar-refractivity contribution in [1.82, 2.24) is 19.4 Å². The first-order valence-corrected chi connectivity index (χ1v) is 7.87. The molecule has 0 aliphatic heterocycles. The Hall–Kier alpha value is -1.46. The lowest BCUT2D eigenvalue weighted by molar-refractivity contribution is 0.632. The predicted molar refractivity (Wildman–Crippen MR) is 87.5 cm³/mol. The zero-order valence-corrected chi connectivity index (χ0v) is 14.1. The fourth-order valence-electron chi connectivity index (χ4n) is 2.14. The minimum atomic E-state index is 0.424. The summed E-state index contributed by atoms with van der Waals surface area (Å²) in [4.78, 5) is 13.5. The fraction of sp³-hybridized carbons (Fsp3) is 0.267. The second-order valence-corrected chi connectivity index (χ2v) is 6.44. The van der Waals surface area contributed by atoms with Crippen molar-refractivity contribution < 1.29 is 0 Å². The van der Waals surface area contributed by atoms with Gasteiger partial charge < -0.3 is 4.40 Å². The van der Waals surface area contributed by atoms with Crippen molar-refractivity contribution in [2.45, 2.75) is 20.3 Å². The van der Waals surface area contributed by atoms with Gasteiger partial charge in [0.2, 0.25) is 0 Å². The maximum absolute atomic E-state index is 6.22. The average Bonchev–Trinajstić information content (AvgIpc) is 2.87. The highest BCUT2D eigenvalue weighted by Crippen LogP contribution is 2.28. The maximum Gasteiger partial charge on any atom is 0.181 e. The molecule has 0 atom stereocenters. The molecule has 0 aromatic carbocycles. The van der Waals surface area contributed by atoms with Gasteiger partial charge in [-0.05, 0) is 40.4 Å². The first kappa shape index (κ1) is 14.5. The van der Waals surface area contributed by atoms with E-state index in [0.29, 0.717) is 16.9 Å². The van der Waals surface area contributed by atoms with E-state index in [1.54, 1.807) is 0 Å². The van der Waals surface area contributed by atoms with Gasteiger partial charge >= 0.3 is 0 Å². The summed E-state index contributed by atoms with van der Waals surface area (Å²) in [6.07, 6.45) is 4.69. The molecular weight excluding hydrogens is 352 g/mol. The van der Waals surface area contributed by atoms with E-state index in [2.05, 4.69) is 44.7 Å². The van der Waals surface area contributed by atoms with Gasteiger partial charge in [-0.25, -0.2) is 15.0 Å². The van der Waals surface area contributed by atoms with Gasteiger partial charge in [0.05, 0.1) is 10.2 Å². The van der Waals surface area contributed by atoms with Gasteiger partial charge in [-0.15, -0.1) is 0 Å². The summed E-state index contributed by atoms with van der Waals surface area (Å²) in [5, 5.41) is 0.424. The Morgan fingerprint density at radius 1 is 1.24 bits per heavy atom. The lowest BCUT2D eigenvalue weighted by Gasteiger charge is -2.09. The number of hydrogen-bond acceptors (Lipinski definition) is 3. The molecule has 0 aliphatic rings. The van der Waals surface area contributed by atoms with Crippen LogP contribution >= 0.6 is 27.5 Å². The zero-order valence-electron chi connectivity index (χ0n) is 11.7. The van der Waals surface area contributed by atoms with E-state index in [-0.39, 0.29) is 0 Å². The highest BCUT2D eigenvalue weighted by molar-refractivity contribution is 9.10. The fourth-order valence-corrected chi connectivity index (χ4v) is 2.67. The summed E-state index contributed by atoms with van der Waals surface area (Å²) in [6.45, 7) is 4.29. The van der Waals surface area contributed by atoms with Crippen LogP contribution < -0.4 is 0 Å². The smallest absolute Gasteiger partial charge is 0.181 e. The Morgan fingerprint density at radius 3 is 2.76 bits per heavy atom. The van der Waals surface area contributed by atoms with E-state index in [4.69, 9.17) is 11.6 Å². The van der Waals surface area contributed by atoms with Crippen LogP contribution in [0.3, 0.4) is 0 Å². The molecule has 0 saturated heterocycles. The van der Waals surface area contributed by atoms with Crippen molar-refractivity contribution in [1.29, 1.82) is 0 Å². The zero-order chi connectivity index (χ0) is 15.0. The molecule has 3 heterocycles. The van der Waals surface area contributed by atoms with E-state index >= 15 is 0 Å². The highest BCUT2D eigenvalue weighted by Gasteiger charge is 2.15. The molecule has 0 aliphatic carbocycles. The number of imidazole rings is 1. The van der Waals surface area contributed by atoms with E-state index in [1.807, 2.05) is 35.0 Å².